The van der Waals surface area contributed by atoms with E-state index in [2.05, 4.69) is 15.9 Å². The molecular formula is C14H11BrF3N. The molecule has 0 radical (unpaired) electrons. The maximum Gasteiger partial charge on any atom is 0.194 e. The molecule has 100 valence electrons. The molecule has 2 N–H and O–H groups in total. The minimum absolute atomic E-state index is 0.233. The summed E-state index contributed by atoms with van der Waals surface area (Å²) >= 11 is 3.33. The van der Waals surface area contributed by atoms with Crippen LogP contribution in [0.15, 0.2) is 40.9 Å². The van der Waals surface area contributed by atoms with Crippen molar-refractivity contribution < 1.29 is 13.2 Å². The Morgan fingerprint density at radius 2 is 1.68 bits per heavy atom. The Bertz CT molecular complexity index is 578. The molecule has 1 atom stereocenters. The van der Waals surface area contributed by atoms with Gasteiger partial charge in [0.05, 0.1) is 0 Å². The van der Waals surface area contributed by atoms with Gasteiger partial charge in [0.1, 0.15) is 0 Å². The van der Waals surface area contributed by atoms with Gasteiger partial charge in [-0.3, -0.25) is 0 Å². The van der Waals surface area contributed by atoms with Crippen LogP contribution in [0.4, 0.5) is 13.2 Å². The number of nitrogens with two attached hydrogens (primary N) is 1. The second-order valence-electron chi connectivity index (χ2n) is 4.24. The molecule has 5 heteroatoms. The number of benzene rings is 2. The van der Waals surface area contributed by atoms with E-state index in [4.69, 9.17) is 5.73 Å². The summed E-state index contributed by atoms with van der Waals surface area (Å²) in [7, 11) is 0. The lowest BCUT2D eigenvalue weighted by Gasteiger charge is -2.13. The summed E-state index contributed by atoms with van der Waals surface area (Å²) in [5.41, 5.74) is 7.05. The van der Waals surface area contributed by atoms with Gasteiger partial charge in [-0.25, -0.2) is 13.2 Å². The van der Waals surface area contributed by atoms with Crippen molar-refractivity contribution in [3.05, 3.63) is 69.4 Å². The monoisotopic (exact) mass is 329 g/mol. The van der Waals surface area contributed by atoms with Crippen molar-refractivity contribution in [2.75, 3.05) is 0 Å². The zero-order valence-electron chi connectivity index (χ0n) is 9.84. The third-order valence-corrected chi connectivity index (χ3v) is 3.27. The van der Waals surface area contributed by atoms with Crippen molar-refractivity contribution in [2.24, 2.45) is 5.73 Å². The molecular weight excluding hydrogens is 319 g/mol. The van der Waals surface area contributed by atoms with Crippen LogP contribution in [0.1, 0.15) is 17.2 Å². The van der Waals surface area contributed by atoms with Crippen LogP contribution in [0.2, 0.25) is 0 Å². The molecule has 0 bridgehead atoms. The van der Waals surface area contributed by atoms with Crippen LogP contribution in [-0.2, 0) is 6.42 Å². The summed E-state index contributed by atoms with van der Waals surface area (Å²) in [5, 5.41) is 0. The quantitative estimate of drug-likeness (QED) is 0.842. The van der Waals surface area contributed by atoms with Crippen LogP contribution < -0.4 is 5.73 Å². The first-order valence-electron chi connectivity index (χ1n) is 5.62. The van der Waals surface area contributed by atoms with Gasteiger partial charge in [0, 0.05) is 10.5 Å². The van der Waals surface area contributed by atoms with Gasteiger partial charge in [-0.1, -0.05) is 28.1 Å². The Morgan fingerprint density at radius 3 is 2.26 bits per heavy atom. The topological polar surface area (TPSA) is 26.0 Å². The summed E-state index contributed by atoms with van der Waals surface area (Å²) in [6, 6.07) is 8.71. The average Bonchev–Trinajstić information content (AvgIpc) is 2.35. The van der Waals surface area contributed by atoms with Crippen molar-refractivity contribution in [1.29, 1.82) is 0 Å². The molecule has 0 aliphatic rings. The smallest absolute Gasteiger partial charge is 0.194 e. The molecule has 0 heterocycles. The average molecular weight is 330 g/mol. The van der Waals surface area contributed by atoms with Crippen molar-refractivity contribution in [1.82, 2.24) is 0 Å². The lowest BCUT2D eigenvalue weighted by molar-refractivity contribution is 0.443. The van der Waals surface area contributed by atoms with Crippen molar-refractivity contribution in [3.8, 4) is 0 Å². The maximum atomic E-state index is 13.1. The fraction of sp³-hybridized carbons (Fsp3) is 0.143. The molecule has 2 aromatic carbocycles. The van der Waals surface area contributed by atoms with E-state index >= 15 is 0 Å². The Morgan fingerprint density at radius 1 is 1.05 bits per heavy atom. The molecule has 0 aromatic heterocycles. The van der Waals surface area contributed by atoms with E-state index in [1.54, 1.807) is 0 Å². The fourth-order valence-corrected chi connectivity index (χ4v) is 2.27. The number of hydrogen-bond donors (Lipinski definition) is 1. The summed E-state index contributed by atoms with van der Waals surface area (Å²) in [5.74, 6) is -3.92. The van der Waals surface area contributed by atoms with Gasteiger partial charge < -0.3 is 5.73 Å². The molecule has 2 rings (SSSR count). The molecule has 0 saturated carbocycles. The third kappa shape index (κ3) is 3.36. The number of halogens is 4. The Hall–Kier alpha value is -1.33. The first kappa shape index (κ1) is 14.1. The molecule has 19 heavy (non-hydrogen) atoms. The zero-order chi connectivity index (χ0) is 14.0. The minimum atomic E-state index is -1.47. The fourth-order valence-electron chi connectivity index (χ4n) is 1.82. The molecule has 1 nitrogen and oxygen atoms in total. The highest BCUT2D eigenvalue weighted by Crippen LogP contribution is 2.22. The van der Waals surface area contributed by atoms with Crippen LogP contribution >= 0.6 is 15.9 Å². The first-order valence-corrected chi connectivity index (χ1v) is 6.41. The molecule has 2 aromatic rings. The van der Waals surface area contributed by atoms with Crippen LogP contribution in [0.3, 0.4) is 0 Å². The van der Waals surface area contributed by atoms with E-state index in [1.807, 2.05) is 24.3 Å². The zero-order valence-corrected chi connectivity index (χ0v) is 11.4. The maximum absolute atomic E-state index is 13.1. The van der Waals surface area contributed by atoms with E-state index in [0.717, 1.165) is 22.2 Å². The summed E-state index contributed by atoms with van der Waals surface area (Å²) in [6.45, 7) is 0. The van der Waals surface area contributed by atoms with Gasteiger partial charge >= 0.3 is 0 Å². The third-order valence-electron chi connectivity index (χ3n) is 2.78. The Balaban J connectivity index is 2.23. The molecule has 0 amide bonds. The van der Waals surface area contributed by atoms with Crippen molar-refractivity contribution in [3.63, 3.8) is 0 Å². The van der Waals surface area contributed by atoms with Gasteiger partial charge in [0.2, 0.25) is 0 Å². The van der Waals surface area contributed by atoms with E-state index in [-0.39, 0.29) is 5.56 Å². The van der Waals surface area contributed by atoms with Crippen LogP contribution in [-0.4, -0.2) is 0 Å². The van der Waals surface area contributed by atoms with E-state index in [0.29, 0.717) is 6.42 Å². The summed E-state index contributed by atoms with van der Waals surface area (Å²) < 4.78 is 40.0. The van der Waals surface area contributed by atoms with Gasteiger partial charge in [-0.05, 0) is 41.8 Å². The summed E-state index contributed by atoms with van der Waals surface area (Å²) in [6.07, 6.45) is 0.407. The van der Waals surface area contributed by atoms with Gasteiger partial charge in [0.25, 0.3) is 0 Å². The highest BCUT2D eigenvalue weighted by Gasteiger charge is 2.15. The second-order valence-corrected chi connectivity index (χ2v) is 5.15. The van der Waals surface area contributed by atoms with Crippen molar-refractivity contribution >= 4 is 15.9 Å². The van der Waals surface area contributed by atoms with Gasteiger partial charge in [-0.2, -0.15) is 0 Å². The van der Waals surface area contributed by atoms with Gasteiger partial charge in [0.15, 0.2) is 17.5 Å². The lowest BCUT2D eigenvalue weighted by Crippen LogP contribution is -2.14. The second kappa shape index (κ2) is 5.75. The largest absolute Gasteiger partial charge is 0.324 e. The first-order chi connectivity index (χ1) is 8.97. The normalized spacial score (nSPS) is 12.5. The highest BCUT2D eigenvalue weighted by atomic mass is 79.9. The summed E-state index contributed by atoms with van der Waals surface area (Å²) in [4.78, 5) is 0. The number of rotatable bonds is 3. The lowest BCUT2D eigenvalue weighted by atomic mass is 9.99. The molecule has 0 aliphatic heterocycles. The highest BCUT2D eigenvalue weighted by molar-refractivity contribution is 9.10. The molecule has 0 fully saturated rings. The standard InChI is InChI=1S/C14H11BrF3N/c15-10-3-1-2-8(4-10)5-13(19)9-6-11(16)14(18)12(17)7-9/h1-4,6-7,13H,5,19H2. The Kier molecular flexibility index (Phi) is 4.27. The Labute approximate surface area is 117 Å². The van der Waals surface area contributed by atoms with Gasteiger partial charge in [-0.15, -0.1) is 0 Å². The van der Waals surface area contributed by atoms with Crippen LogP contribution in [0.5, 0.6) is 0 Å². The molecule has 0 spiro atoms. The minimum Gasteiger partial charge on any atom is -0.324 e. The van der Waals surface area contributed by atoms with E-state index in [9.17, 15) is 13.2 Å². The predicted molar refractivity (Wildman–Crippen MR) is 71.1 cm³/mol. The van der Waals surface area contributed by atoms with Crippen LogP contribution in [0.25, 0.3) is 0 Å². The SMILES string of the molecule is NC(Cc1cccc(Br)c1)c1cc(F)c(F)c(F)c1. The number of hydrogen-bond acceptors (Lipinski definition) is 1. The van der Waals surface area contributed by atoms with Crippen molar-refractivity contribution in [2.45, 2.75) is 12.5 Å². The van der Waals surface area contributed by atoms with E-state index in [1.165, 1.54) is 0 Å². The predicted octanol–water partition coefficient (Wildman–Crippen LogP) is 4.11. The molecule has 1 unspecified atom stereocenters. The van der Waals surface area contributed by atoms with E-state index < -0.39 is 23.5 Å². The molecule has 0 aliphatic carbocycles. The molecule has 0 saturated heterocycles. The van der Waals surface area contributed by atoms with Crippen LogP contribution in [0, 0.1) is 17.5 Å².